The summed E-state index contributed by atoms with van der Waals surface area (Å²) in [4.78, 5) is 12.6. The lowest BCUT2D eigenvalue weighted by Crippen LogP contribution is -2.40. The molecule has 0 saturated carbocycles. The second-order valence-corrected chi connectivity index (χ2v) is 8.45. The molecule has 0 aliphatic carbocycles. The monoisotopic (exact) mass is 376 g/mol. The summed E-state index contributed by atoms with van der Waals surface area (Å²) in [6.07, 6.45) is 0. The van der Waals surface area contributed by atoms with E-state index in [4.69, 9.17) is 4.74 Å². The average molecular weight is 376 g/mol. The Bertz CT molecular complexity index is 886. The lowest BCUT2D eigenvalue weighted by atomic mass is 10.1. The van der Waals surface area contributed by atoms with E-state index >= 15 is 0 Å². The lowest BCUT2D eigenvalue weighted by molar-refractivity contribution is 0.102. The molecule has 0 atom stereocenters. The number of benzene rings is 2. The van der Waals surface area contributed by atoms with Gasteiger partial charge in [-0.25, -0.2) is 13.1 Å². The Morgan fingerprint density at radius 2 is 1.77 bits per heavy atom. The Balaban J connectivity index is 2.27. The molecule has 0 unspecified atom stereocenters. The molecule has 26 heavy (non-hydrogen) atoms. The minimum Gasteiger partial charge on any atom is -0.492 e. The van der Waals surface area contributed by atoms with Crippen LogP contribution in [0.3, 0.4) is 0 Å². The van der Waals surface area contributed by atoms with Crippen LogP contribution >= 0.6 is 0 Å². The quantitative estimate of drug-likeness (QED) is 0.809. The molecule has 0 spiro atoms. The first kappa shape index (κ1) is 19.9. The number of hydrogen-bond donors (Lipinski definition) is 2. The third-order valence-electron chi connectivity index (χ3n) is 3.28. The largest absolute Gasteiger partial charge is 0.492 e. The summed E-state index contributed by atoms with van der Waals surface area (Å²) in [5.41, 5.74) is 0.154. The average Bonchev–Trinajstić information content (AvgIpc) is 2.55. The van der Waals surface area contributed by atoms with E-state index in [0.29, 0.717) is 18.0 Å². The van der Waals surface area contributed by atoms with Gasteiger partial charge < -0.3 is 10.1 Å². The van der Waals surface area contributed by atoms with Crippen molar-refractivity contribution in [3.63, 3.8) is 0 Å². The first-order valence-corrected chi connectivity index (χ1v) is 9.78. The van der Waals surface area contributed by atoms with Crippen molar-refractivity contribution in [2.24, 2.45) is 0 Å². The highest BCUT2D eigenvalue weighted by Gasteiger charge is 2.23. The summed E-state index contributed by atoms with van der Waals surface area (Å²) in [5, 5.41) is 2.76. The van der Waals surface area contributed by atoms with Crippen molar-refractivity contribution in [1.29, 1.82) is 0 Å². The molecule has 0 fully saturated rings. The maximum atomic E-state index is 12.6. The number of amides is 1. The van der Waals surface area contributed by atoms with Gasteiger partial charge in [0, 0.05) is 11.1 Å². The van der Waals surface area contributed by atoms with Crippen LogP contribution in [0.5, 0.6) is 5.75 Å². The summed E-state index contributed by atoms with van der Waals surface area (Å²) in [6, 6.07) is 13.0. The molecule has 0 aliphatic heterocycles. The molecule has 0 aromatic heterocycles. The molecule has 0 radical (unpaired) electrons. The number of carbonyl (C=O) groups is 1. The summed E-state index contributed by atoms with van der Waals surface area (Å²) in [6.45, 7) is 7.59. The van der Waals surface area contributed by atoms with E-state index in [1.165, 1.54) is 12.1 Å². The highest BCUT2D eigenvalue weighted by molar-refractivity contribution is 7.89. The van der Waals surface area contributed by atoms with Crippen molar-refractivity contribution in [2.45, 2.75) is 38.1 Å². The highest BCUT2D eigenvalue weighted by Crippen LogP contribution is 2.24. The predicted octanol–water partition coefficient (Wildman–Crippen LogP) is 3.41. The zero-order valence-electron chi connectivity index (χ0n) is 15.4. The first-order valence-electron chi connectivity index (χ1n) is 8.29. The second kappa shape index (κ2) is 7.88. The maximum absolute atomic E-state index is 12.6. The van der Waals surface area contributed by atoms with Gasteiger partial charge in [-0.15, -0.1) is 0 Å². The first-order chi connectivity index (χ1) is 12.1. The number of hydrogen-bond acceptors (Lipinski definition) is 4. The maximum Gasteiger partial charge on any atom is 0.255 e. The number of rotatable bonds is 6. The van der Waals surface area contributed by atoms with Gasteiger partial charge in [-0.2, -0.15) is 0 Å². The zero-order valence-corrected chi connectivity index (χ0v) is 16.2. The smallest absolute Gasteiger partial charge is 0.255 e. The summed E-state index contributed by atoms with van der Waals surface area (Å²) >= 11 is 0. The summed E-state index contributed by atoms with van der Waals surface area (Å²) in [5.74, 6) is 0.145. The molecule has 140 valence electrons. The van der Waals surface area contributed by atoms with Crippen LogP contribution in [0.1, 0.15) is 38.1 Å². The molecule has 7 heteroatoms. The number of nitrogens with one attached hydrogen (secondary N) is 2. The van der Waals surface area contributed by atoms with Crippen LogP contribution in [0.15, 0.2) is 53.4 Å². The third kappa shape index (κ3) is 5.31. The Hall–Kier alpha value is -2.38. The van der Waals surface area contributed by atoms with E-state index in [1.54, 1.807) is 51.1 Å². The van der Waals surface area contributed by atoms with E-state index in [1.807, 2.05) is 13.0 Å². The van der Waals surface area contributed by atoms with Gasteiger partial charge in [0.1, 0.15) is 5.75 Å². The molecule has 0 bridgehead atoms. The SMILES string of the molecule is CCOc1ccccc1NC(=O)c1cccc(S(=O)(=O)NC(C)(C)C)c1. The van der Waals surface area contributed by atoms with Crippen molar-refractivity contribution in [3.8, 4) is 5.75 Å². The van der Waals surface area contributed by atoms with Gasteiger partial charge in [-0.05, 0) is 58.0 Å². The molecule has 0 aliphatic rings. The van der Waals surface area contributed by atoms with Crippen molar-refractivity contribution in [3.05, 3.63) is 54.1 Å². The minimum atomic E-state index is -3.72. The second-order valence-electron chi connectivity index (χ2n) is 6.77. The molecule has 1 amide bonds. The van der Waals surface area contributed by atoms with Crippen molar-refractivity contribution in [1.82, 2.24) is 4.72 Å². The molecule has 2 rings (SSSR count). The van der Waals surface area contributed by atoms with Crippen molar-refractivity contribution >= 4 is 21.6 Å². The van der Waals surface area contributed by atoms with Crippen LogP contribution in [-0.2, 0) is 10.0 Å². The van der Waals surface area contributed by atoms with E-state index in [2.05, 4.69) is 10.0 Å². The summed E-state index contributed by atoms with van der Waals surface area (Å²) in [7, 11) is -3.72. The van der Waals surface area contributed by atoms with E-state index in [-0.39, 0.29) is 10.5 Å². The number of para-hydroxylation sites is 2. The summed E-state index contributed by atoms with van der Waals surface area (Å²) < 4.78 is 33.0. The number of sulfonamides is 1. The van der Waals surface area contributed by atoms with E-state index in [9.17, 15) is 13.2 Å². The Morgan fingerprint density at radius 3 is 2.42 bits per heavy atom. The van der Waals surface area contributed by atoms with Crippen LogP contribution in [0.2, 0.25) is 0 Å². The van der Waals surface area contributed by atoms with Gasteiger partial charge in [0.05, 0.1) is 17.2 Å². The Labute approximate surface area is 154 Å². The van der Waals surface area contributed by atoms with Crippen LogP contribution in [-0.4, -0.2) is 26.5 Å². The van der Waals surface area contributed by atoms with Gasteiger partial charge in [-0.1, -0.05) is 18.2 Å². The fraction of sp³-hybridized carbons (Fsp3) is 0.316. The van der Waals surface area contributed by atoms with Gasteiger partial charge in [0.15, 0.2) is 0 Å². The topological polar surface area (TPSA) is 84.5 Å². The van der Waals surface area contributed by atoms with Crippen molar-refractivity contribution in [2.75, 3.05) is 11.9 Å². The lowest BCUT2D eigenvalue weighted by Gasteiger charge is -2.20. The number of carbonyl (C=O) groups excluding carboxylic acids is 1. The fourth-order valence-electron chi connectivity index (χ4n) is 2.31. The van der Waals surface area contributed by atoms with E-state index < -0.39 is 21.5 Å². The van der Waals surface area contributed by atoms with Crippen LogP contribution in [0.4, 0.5) is 5.69 Å². The highest BCUT2D eigenvalue weighted by atomic mass is 32.2. The Kier molecular flexibility index (Phi) is 6.05. The molecule has 2 aromatic rings. The van der Waals surface area contributed by atoms with Crippen LogP contribution in [0.25, 0.3) is 0 Å². The molecule has 0 heterocycles. The van der Waals surface area contributed by atoms with Gasteiger partial charge in [-0.3, -0.25) is 4.79 Å². The van der Waals surface area contributed by atoms with Crippen LogP contribution in [0, 0.1) is 0 Å². The van der Waals surface area contributed by atoms with Gasteiger partial charge >= 0.3 is 0 Å². The minimum absolute atomic E-state index is 0.0400. The Morgan fingerprint density at radius 1 is 1.08 bits per heavy atom. The van der Waals surface area contributed by atoms with Crippen molar-refractivity contribution < 1.29 is 17.9 Å². The van der Waals surface area contributed by atoms with Gasteiger partial charge in [0.2, 0.25) is 10.0 Å². The molecule has 0 saturated heterocycles. The standard InChI is InChI=1S/C19H24N2O4S/c1-5-25-17-12-7-6-11-16(17)20-18(22)14-9-8-10-15(13-14)26(23,24)21-19(2,3)4/h6-13,21H,5H2,1-4H3,(H,20,22). The molecule has 2 aromatic carbocycles. The fourth-order valence-corrected chi connectivity index (χ4v) is 3.78. The number of ether oxygens (including phenoxy) is 1. The molecular formula is C19H24N2O4S. The molecule has 6 nitrogen and oxygen atoms in total. The molecular weight excluding hydrogens is 352 g/mol. The normalized spacial score (nSPS) is 11.8. The third-order valence-corrected chi connectivity index (χ3v) is 5.04. The molecule has 2 N–H and O–H groups in total. The number of anilines is 1. The zero-order chi connectivity index (χ0) is 19.4. The predicted molar refractivity (Wildman–Crippen MR) is 102 cm³/mol. The van der Waals surface area contributed by atoms with E-state index in [0.717, 1.165) is 0 Å². The van der Waals surface area contributed by atoms with Gasteiger partial charge in [0.25, 0.3) is 5.91 Å². The van der Waals surface area contributed by atoms with Crippen LogP contribution < -0.4 is 14.8 Å².